The summed E-state index contributed by atoms with van der Waals surface area (Å²) in [5.41, 5.74) is 5.67. The second kappa shape index (κ2) is 4.55. The maximum Gasteiger partial charge on any atom is 0.238 e. The fraction of sp³-hybridized carbons (Fsp3) is 0.333. The Morgan fingerprint density at radius 1 is 1.47 bits per heavy atom. The molecular weight excluding hydrogens is 216 g/mol. The lowest BCUT2D eigenvalue weighted by molar-refractivity contribution is -0.124. The zero-order valence-corrected chi connectivity index (χ0v) is 10.3. The van der Waals surface area contributed by atoms with E-state index in [0.717, 1.165) is 16.6 Å². The highest BCUT2D eigenvalue weighted by Gasteiger charge is 2.06. The summed E-state index contributed by atoms with van der Waals surface area (Å²) < 4.78 is 1.96. The van der Waals surface area contributed by atoms with Crippen LogP contribution >= 0.6 is 0 Å². The third-order valence-electron chi connectivity index (χ3n) is 2.50. The van der Waals surface area contributed by atoms with Gasteiger partial charge < -0.3 is 4.57 Å². The van der Waals surface area contributed by atoms with Gasteiger partial charge >= 0.3 is 0 Å². The molecule has 0 radical (unpaired) electrons. The van der Waals surface area contributed by atoms with Crippen molar-refractivity contribution in [3.8, 4) is 0 Å². The summed E-state index contributed by atoms with van der Waals surface area (Å²) in [6.07, 6.45) is 2.14. The van der Waals surface area contributed by atoms with Gasteiger partial charge in [0.2, 0.25) is 5.91 Å². The molecule has 0 spiro atoms. The Hall–Kier alpha value is -1.88. The van der Waals surface area contributed by atoms with Gasteiger partial charge in [0, 0.05) is 21.1 Å². The van der Waals surface area contributed by atoms with Crippen LogP contribution in [0.2, 0.25) is 0 Å². The number of benzene rings is 1. The Bertz CT molecular complexity index is 544. The summed E-state index contributed by atoms with van der Waals surface area (Å²) in [7, 11) is 5.54. The van der Waals surface area contributed by atoms with Crippen LogP contribution in [0.25, 0.3) is 11.0 Å². The minimum atomic E-state index is -0.0229. The first-order valence-corrected chi connectivity index (χ1v) is 5.43. The van der Waals surface area contributed by atoms with E-state index in [-0.39, 0.29) is 5.91 Å². The van der Waals surface area contributed by atoms with E-state index in [1.165, 1.54) is 0 Å². The summed E-state index contributed by atoms with van der Waals surface area (Å²) in [5, 5.41) is 1.64. The van der Waals surface area contributed by atoms with Crippen LogP contribution in [0, 0.1) is 0 Å². The van der Waals surface area contributed by atoms with Crippen LogP contribution in [-0.2, 0) is 18.3 Å². The average Bonchev–Trinajstić information content (AvgIpc) is 2.58. The smallest absolute Gasteiger partial charge is 0.238 e. The molecule has 0 unspecified atom stereocenters. The number of rotatable bonds is 3. The topological polar surface area (TPSA) is 50.2 Å². The zero-order chi connectivity index (χ0) is 12.4. The van der Waals surface area contributed by atoms with Crippen molar-refractivity contribution in [1.29, 1.82) is 0 Å². The van der Waals surface area contributed by atoms with Crippen LogP contribution < -0.4 is 5.43 Å². The highest BCUT2D eigenvalue weighted by Crippen LogP contribution is 2.14. The van der Waals surface area contributed by atoms with Gasteiger partial charge in [-0.25, -0.2) is 9.99 Å². The van der Waals surface area contributed by atoms with Crippen LogP contribution in [0.5, 0.6) is 0 Å². The second-order valence-corrected chi connectivity index (χ2v) is 4.28. The van der Waals surface area contributed by atoms with Gasteiger partial charge in [0.05, 0.1) is 23.8 Å². The van der Waals surface area contributed by atoms with E-state index in [1.807, 2.05) is 29.8 Å². The van der Waals surface area contributed by atoms with Gasteiger partial charge in [-0.3, -0.25) is 10.2 Å². The Kier molecular flexibility index (Phi) is 3.10. The number of hydrogen-bond acceptors (Lipinski definition) is 3. The van der Waals surface area contributed by atoms with Crippen molar-refractivity contribution in [2.45, 2.75) is 6.42 Å². The van der Waals surface area contributed by atoms with Crippen molar-refractivity contribution in [2.75, 3.05) is 14.1 Å². The number of fused-ring (bicyclic) bond motifs is 1. The lowest BCUT2D eigenvalue weighted by atomic mass is 10.1. The maximum absolute atomic E-state index is 11.6. The van der Waals surface area contributed by atoms with Crippen molar-refractivity contribution in [2.24, 2.45) is 7.05 Å². The van der Waals surface area contributed by atoms with E-state index in [2.05, 4.69) is 10.4 Å². The quantitative estimate of drug-likeness (QED) is 0.793. The van der Waals surface area contributed by atoms with Gasteiger partial charge in [0.1, 0.15) is 0 Å². The van der Waals surface area contributed by atoms with Gasteiger partial charge in [-0.05, 0) is 17.7 Å². The molecule has 0 saturated carbocycles. The summed E-state index contributed by atoms with van der Waals surface area (Å²) in [6.45, 7) is 0. The Morgan fingerprint density at radius 2 is 2.24 bits per heavy atom. The lowest BCUT2D eigenvalue weighted by Gasteiger charge is -2.11. The number of aryl methyl sites for hydroxylation is 1. The molecular formula is C12H16N4O. The van der Waals surface area contributed by atoms with E-state index in [9.17, 15) is 4.79 Å². The van der Waals surface area contributed by atoms with Gasteiger partial charge in [0.25, 0.3) is 0 Å². The number of hydrogen-bond donors (Lipinski definition) is 1. The molecule has 90 valence electrons. The van der Waals surface area contributed by atoms with Crippen LogP contribution in [0.1, 0.15) is 5.56 Å². The average molecular weight is 232 g/mol. The number of nitrogens with zero attached hydrogens (tertiary/aromatic N) is 3. The molecule has 1 amide bonds. The molecule has 0 fully saturated rings. The fourth-order valence-electron chi connectivity index (χ4n) is 1.77. The largest absolute Gasteiger partial charge is 0.334 e. The van der Waals surface area contributed by atoms with Gasteiger partial charge in [-0.15, -0.1) is 0 Å². The molecule has 2 aromatic rings. The van der Waals surface area contributed by atoms with Crippen molar-refractivity contribution >= 4 is 16.9 Å². The normalized spacial score (nSPS) is 11.1. The molecule has 0 aliphatic heterocycles. The van der Waals surface area contributed by atoms with Crippen LogP contribution in [0.4, 0.5) is 0 Å². The molecule has 1 aromatic carbocycles. The standard InChI is InChI=1S/C12H16N4O/c1-15(2)14-12(17)7-9-4-5-11-10(6-9)13-8-16(11)3/h4-6,8H,7H2,1-3H3,(H,14,17). The predicted molar refractivity (Wildman–Crippen MR) is 66.2 cm³/mol. The van der Waals surface area contributed by atoms with Gasteiger partial charge in [-0.2, -0.15) is 0 Å². The molecule has 1 N–H and O–H groups in total. The molecule has 5 heteroatoms. The number of amides is 1. The van der Waals surface area contributed by atoms with E-state index < -0.39 is 0 Å². The minimum absolute atomic E-state index is 0.0229. The third kappa shape index (κ3) is 2.62. The van der Waals surface area contributed by atoms with Gasteiger partial charge in [0.15, 0.2) is 0 Å². The van der Waals surface area contributed by atoms with E-state index in [4.69, 9.17) is 0 Å². The highest BCUT2D eigenvalue weighted by molar-refractivity contribution is 5.81. The monoisotopic (exact) mass is 232 g/mol. The molecule has 0 bridgehead atoms. The molecule has 1 heterocycles. The zero-order valence-electron chi connectivity index (χ0n) is 10.3. The lowest BCUT2D eigenvalue weighted by Crippen LogP contribution is -2.37. The Balaban J connectivity index is 2.17. The molecule has 0 aliphatic rings. The first-order valence-electron chi connectivity index (χ1n) is 5.43. The Morgan fingerprint density at radius 3 is 2.94 bits per heavy atom. The number of carbonyl (C=O) groups excluding carboxylic acids is 1. The van der Waals surface area contributed by atoms with Crippen LogP contribution in [0.15, 0.2) is 24.5 Å². The highest BCUT2D eigenvalue weighted by atomic mass is 16.2. The first-order chi connectivity index (χ1) is 8.06. The molecule has 1 aromatic heterocycles. The first kappa shape index (κ1) is 11.6. The van der Waals surface area contributed by atoms with Crippen molar-refractivity contribution in [3.05, 3.63) is 30.1 Å². The summed E-state index contributed by atoms with van der Waals surface area (Å²) in [5.74, 6) is -0.0229. The van der Waals surface area contributed by atoms with Crippen LogP contribution in [0.3, 0.4) is 0 Å². The number of aromatic nitrogens is 2. The number of nitrogens with one attached hydrogen (secondary N) is 1. The summed E-state index contributed by atoms with van der Waals surface area (Å²) in [6, 6.07) is 5.89. The SMILES string of the molecule is CN(C)NC(=O)Cc1ccc2c(c1)ncn2C. The van der Waals surface area contributed by atoms with Gasteiger partial charge in [-0.1, -0.05) is 6.07 Å². The summed E-state index contributed by atoms with van der Waals surface area (Å²) >= 11 is 0. The molecule has 2 rings (SSSR count). The van der Waals surface area contributed by atoms with Crippen molar-refractivity contribution in [3.63, 3.8) is 0 Å². The molecule has 0 atom stereocenters. The minimum Gasteiger partial charge on any atom is -0.334 e. The maximum atomic E-state index is 11.6. The molecule has 5 nitrogen and oxygen atoms in total. The third-order valence-corrected chi connectivity index (χ3v) is 2.50. The second-order valence-electron chi connectivity index (χ2n) is 4.28. The van der Waals surface area contributed by atoms with E-state index in [1.54, 1.807) is 25.4 Å². The molecule has 17 heavy (non-hydrogen) atoms. The molecule has 0 aliphatic carbocycles. The number of carbonyl (C=O) groups is 1. The predicted octanol–water partition coefficient (Wildman–Crippen LogP) is 0.709. The number of hydrazine groups is 1. The van der Waals surface area contributed by atoms with Crippen molar-refractivity contribution < 1.29 is 4.79 Å². The van der Waals surface area contributed by atoms with E-state index in [0.29, 0.717) is 6.42 Å². The van der Waals surface area contributed by atoms with Crippen molar-refractivity contribution in [1.82, 2.24) is 20.0 Å². The number of imidazole rings is 1. The fourth-order valence-corrected chi connectivity index (χ4v) is 1.77. The summed E-state index contributed by atoms with van der Waals surface area (Å²) in [4.78, 5) is 15.9. The molecule has 0 saturated heterocycles. The van der Waals surface area contributed by atoms with E-state index >= 15 is 0 Å². The Labute approximate surface area is 100 Å². The van der Waals surface area contributed by atoms with Crippen LogP contribution in [-0.4, -0.2) is 34.6 Å².